The summed E-state index contributed by atoms with van der Waals surface area (Å²) in [6, 6.07) is -0.582. The fourth-order valence-electron chi connectivity index (χ4n) is 1.82. The Labute approximate surface area is 86.6 Å². The second kappa shape index (κ2) is 4.34. The van der Waals surface area contributed by atoms with E-state index in [0.717, 1.165) is 0 Å². The predicted molar refractivity (Wildman–Crippen MR) is 49.0 cm³/mol. The Morgan fingerprint density at radius 3 is 2.93 bits per heavy atom. The van der Waals surface area contributed by atoms with Gasteiger partial charge < -0.3 is 19.3 Å². The first-order valence-corrected chi connectivity index (χ1v) is 4.83. The van der Waals surface area contributed by atoms with Crippen LogP contribution in [-0.4, -0.2) is 49.0 Å². The summed E-state index contributed by atoms with van der Waals surface area (Å²) in [7, 11) is 0. The largest absolute Gasteiger partial charge is 0.390 e. The van der Waals surface area contributed by atoms with Crippen LogP contribution >= 0.6 is 0 Å². The number of aliphatic hydroxyl groups excluding tert-OH is 1. The van der Waals surface area contributed by atoms with Crippen molar-refractivity contribution in [3.8, 4) is 0 Å². The highest BCUT2D eigenvalue weighted by Crippen LogP contribution is 2.26. The van der Waals surface area contributed by atoms with Crippen LogP contribution in [0.2, 0.25) is 0 Å². The van der Waals surface area contributed by atoms with Crippen LogP contribution < -0.4 is 0 Å². The van der Waals surface area contributed by atoms with Crippen LogP contribution in [0.4, 0.5) is 0 Å². The minimum absolute atomic E-state index is 0.202. The van der Waals surface area contributed by atoms with Crippen molar-refractivity contribution in [2.24, 2.45) is 5.11 Å². The van der Waals surface area contributed by atoms with E-state index in [9.17, 15) is 5.11 Å². The van der Waals surface area contributed by atoms with Crippen LogP contribution in [0, 0.1) is 0 Å². The number of nitrogens with zero attached hydrogens (tertiary/aromatic N) is 3. The van der Waals surface area contributed by atoms with Crippen LogP contribution in [0.1, 0.15) is 6.92 Å². The van der Waals surface area contributed by atoms with Crippen LogP contribution in [0.3, 0.4) is 0 Å². The van der Waals surface area contributed by atoms with E-state index in [4.69, 9.17) is 19.7 Å². The van der Waals surface area contributed by atoms with Gasteiger partial charge in [0, 0.05) is 4.91 Å². The Kier molecular flexibility index (Phi) is 3.08. The zero-order valence-corrected chi connectivity index (χ0v) is 8.31. The topological polar surface area (TPSA) is 96.7 Å². The molecule has 5 atom stereocenters. The van der Waals surface area contributed by atoms with Gasteiger partial charge in [-0.25, -0.2) is 0 Å². The molecule has 2 aliphatic heterocycles. The molecule has 2 heterocycles. The zero-order valence-electron chi connectivity index (χ0n) is 8.31. The molecule has 0 amide bonds. The lowest BCUT2D eigenvalue weighted by atomic mass is 9.98. The molecule has 0 aromatic carbocycles. The third kappa shape index (κ3) is 2.06. The van der Waals surface area contributed by atoms with E-state index in [0.29, 0.717) is 6.61 Å². The molecule has 84 valence electrons. The van der Waals surface area contributed by atoms with Crippen LogP contribution in [0.25, 0.3) is 10.4 Å². The molecule has 3 unspecified atom stereocenters. The van der Waals surface area contributed by atoms with Gasteiger partial charge in [-0.3, -0.25) is 0 Å². The van der Waals surface area contributed by atoms with E-state index in [1.807, 2.05) is 0 Å². The van der Waals surface area contributed by atoms with Gasteiger partial charge in [0.05, 0.1) is 25.4 Å². The molecular weight excluding hydrogens is 202 g/mol. The normalized spacial score (nSPS) is 45.3. The monoisotopic (exact) mass is 215 g/mol. The highest BCUT2D eigenvalue weighted by atomic mass is 16.7. The first-order chi connectivity index (χ1) is 7.22. The van der Waals surface area contributed by atoms with Crippen molar-refractivity contribution < 1.29 is 19.3 Å². The molecule has 7 heteroatoms. The summed E-state index contributed by atoms with van der Waals surface area (Å²) in [6.07, 6.45) is -1.94. The molecule has 0 radical (unpaired) electrons. The lowest BCUT2D eigenvalue weighted by Crippen LogP contribution is -2.58. The van der Waals surface area contributed by atoms with Crippen LogP contribution in [0.15, 0.2) is 5.11 Å². The minimum atomic E-state index is -0.828. The van der Waals surface area contributed by atoms with Crippen molar-refractivity contribution in [3.05, 3.63) is 10.4 Å². The molecule has 2 aliphatic rings. The number of aliphatic hydroxyl groups is 1. The fourth-order valence-corrected chi connectivity index (χ4v) is 1.82. The zero-order chi connectivity index (χ0) is 10.8. The van der Waals surface area contributed by atoms with Gasteiger partial charge in [0.2, 0.25) is 0 Å². The second-order valence-electron chi connectivity index (χ2n) is 3.64. The minimum Gasteiger partial charge on any atom is -0.390 e. The summed E-state index contributed by atoms with van der Waals surface area (Å²) in [5.74, 6) is 0. The molecule has 2 fully saturated rings. The maximum Gasteiger partial charge on any atom is 0.155 e. The summed E-state index contributed by atoms with van der Waals surface area (Å²) in [6.45, 7) is 2.35. The lowest BCUT2D eigenvalue weighted by molar-refractivity contribution is -0.291. The molecule has 0 aliphatic carbocycles. The van der Waals surface area contributed by atoms with Crippen LogP contribution in [0.5, 0.6) is 0 Å². The Morgan fingerprint density at radius 1 is 1.40 bits per heavy atom. The summed E-state index contributed by atoms with van der Waals surface area (Å²) in [4.78, 5) is 2.66. The van der Waals surface area contributed by atoms with E-state index >= 15 is 0 Å². The van der Waals surface area contributed by atoms with Gasteiger partial charge in [-0.15, -0.1) is 0 Å². The van der Waals surface area contributed by atoms with Gasteiger partial charge >= 0.3 is 0 Å². The van der Waals surface area contributed by atoms with Gasteiger partial charge in [-0.1, -0.05) is 5.11 Å². The van der Waals surface area contributed by atoms with Crippen molar-refractivity contribution in [1.82, 2.24) is 0 Å². The lowest BCUT2D eigenvalue weighted by Gasteiger charge is -2.42. The van der Waals surface area contributed by atoms with Gasteiger partial charge in [-0.2, -0.15) is 0 Å². The summed E-state index contributed by atoms with van der Waals surface area (Å²) >= 11 is 0. The average Bonchev–Trinajstić information content (AvgIpc) is 2.23. The van der Waals surface area contributed by atoms with Gasteiger partial charge in [0.15, 0.2) is 6.29 Å². The Morgan fingerprint density at radius 2 is 2.20 bits per heavy atom. The molecular formula is C8H13N3O4. The maximum absolute atomic E-state index is 9.89. The highest BCUT2D eigenvalue weighted by Gasteiger charge is 2.43. The summed E-state index contributed by atoms with van der Waals surface area (Å²) < 4.78 is 16.0. The van der Waals surface area contributed by atoms with E-state index < -0.39 is 18.2 Å². The van der Waals surface area contributed by atoms with Crippen LogP contribution in [-0.2, 0) is 14.2 Å². The van der Waals surface area contributed by atoms with Gasteiger partial charge in [0.25, 0.3) is 0 Å². The van der Waals surface area contributed by atoms with Crippen molar-refractivity contribution >= 4 is 0 Å². The Bertz CT molecular complexity index is 281. The molecule has 1 N–H and O–H groups in total. The Hall–Kier alpha value is -0.850. The third-order valence-electron chi connectivity index (χ3n) is 2.62. The average molecular weight is 215 g/mol. The quantitative estimate of drug-likeness (QED) is 0.383. The number of azide groups is 1. The first kappa shape index (κ1) is 10.7. The number of hydrogen-bond donors (Lipinski definition) is 1. The summed E-state index contributed by atoms with van der Waals surface area (Å²) in [5, 5.41) is 13.4. The Balaban J connectivity index is 2.07. The van der Waals surface area contributed by atoms with Crippen molar-refractivity contribution in [2.75, 3.05) is 13.2 Å². The molecule has 2 saturated heterocycles. The number of hydrogen-bond acceptors (Lipinski definition) is 5. The highest BCUT2D eigenvalue weighted by molar-refractivity contribution is 4.93. The summed E-state index contributed by atoms with van der Waals surface area (Å²) in [5.41, 5.74) is 8.31. The molecule has 0 bridgehead atoms. The smallest absolute Gasteiger partial charge is 0.155 e. The number of fused-ring (bicyclic) bond motifs is 1. The second-order valence-corrected chi connectivity index (χ2v) is 3.64. The van der Waals surface area contributed by atoms with Gasteiger partial charge in [-0.05, 0) is 12.5 Å². The molecule has 7 nitrogen and oxygen atoms in total. The van der Waals surface area contributed by atoms with E-state index in [-0.39, 0.29) is 19.0 Å². The fraction of sp³-hybridized carbons (Fsp3) is 1.00. The molecule has 0 saturated carbocycles. The number of rotatable bonds is 1. The molecule has 0 aromatic heterocycles. The first-order valence-electron chi connectivity index (χ1n) is 4.83. The number of ether oxygens (including phenoxy) is 3. The van der Waals surface area contributed by atoms with Crippen molar-refractivity contribution in [3.63, 3.8) is 0 Å². The molecule has 0 aromatic rings. The van der Waals surface area contributed by atoms with E-state index in [1.54, 1.807) is 6.92 Å². The van der Waals surface area contributed by atoms with Gasteiger partial charge in [0.1, 0.15) is 12.2 Å². The van der Waals surface area contributed by atoms with Crippen molar-refractivity contribution in [1.29, 1.82) is 0 Å². The third-order valence-corrected chi connectivity index (χ3v) is 2.62. The van der Waals surface area contributed by atoms with E-state index in [2.05, 4.69) is 10.0 Å². The molecule has 0 spiro atoms. The molecule has 15 heavy (non-hydrogen) atoms. The molecule has 2 rings (SSSR count). The van der Waals surface area contributed by atoms with Crippen molar-refractivity contribution in [2.45, 2.75) is 37.6 Å². The maximum atomic E-state index is 9.89. The van der Waals surface area contributed by atoms with E-state index in [1.165, 1.54) is 0 Å². The standard InChI is InChI=1S/C8H13N3O4/c1-4-13-3-6-8(15-4)7(12)5(2-14-6)10-11-9/h4-8,12H,2-3H2,1H3/t4?,5?,6?,7-,8+/m1/s1. The predicted octanol–water partition coefficient (Wildman–Crippen LogP) is 0.186. The SMILES string of the molecule is CC1OCC2OCC(N=[N+]=[N-])[C@@H](O)[C@H]2O1.